The molecule has 0 amide bonds. The van der Waals surface area contributed by atoms with Crippen LogP contribution >= 0.6 is 11.3 Å². The minimum absolute atomic E-state index is 0.0557. The van der Waals surface area contributed by atoms with Gasteiger partial charge in [-0.3, -0.25) is 0 Å². The first-order valence-corrected chi connectivity index (χ1v) is 9.85. The number of aryl methyl sites for hydroxylation is 1. The molecule has 0 aliphatic rings. The van der Waals surface area contributed by atoms with Crippen LogP contribution in [-0.4, -0.2) is 31.9 Å². The van der Waals surface area contributed by atoms with E-state index in [1.54, 1.807) is 11.4 Å². The van der Waals surface area contributed by atoms with E-state index in [1.165, 1.54) is 11.3 Å². The molecule has 1 rings (SSSR count). The van der Waals surface area contributed by atoms with Crippen LogP contribution in [0.25, 0.3) is 0 Å². The molecule has 0 fully saturated rings. The van der Waals surface area contributed by atoms with Crippen LogP contribution in [0.2, 0.25) is 0 Å². The standard InChI is InChI=1S/C15H28N2O2S2/c1-7-13(8-2)17(6)21(18,19)15-12(5)10-20-14(15)9-16-11(3)4/h10-11,13,16H,7-9H2,1-6H3. The highest BCUT2D eigenvalue weighted by Crippen LogP contribution is 2.30. The lowest BCUT2D eigenvalue weighted by atomic mass is 10.2. The van der Waals surface area contributed by atoms with Crippen LogP contribution in [0.1, 0.15) is 51.0 Å². The zero-order valence-electron chi connectivity index (χ0n) is 13.9. The van der Waals surface area contributed by atoms with Gasteiger partial charge in [-0.15, -0.1) is 11.3 Å². The average molecular weight is 333 g/mol. The van der Waals surface area contributed by atoms with E-state index < -0.39 is 10.0 Å². The van der Waals surface area contributed by atoms with Gasteiger partial charge in [0.15, 0.2) is 0 Å². The summed E-state index contributed by atoms with van der Waals surface area (Å²) in [7, 11) is -1.73. The largest absolute Gasteiger partial charge is 0.310 e. The van der Waals surface area contributed by atoms with E-state index in [-0.39, 0.29) is 6.04 Å². The topological polar surface area (TPSA) is 49.4 Å². The highest BCUT2D eigenvalue weighted by atomic mass is 32.2. The fraction of sp³-hybridized carbons (Fsp3) is 0.733. The summed E-state index contributed by atoms with van der Waals surface area (Å²) >= 11 is 1.52. The maximum atomic E-state index is 12.9. The third-order valence-corrected chi connectivity index (χ3v) is 7.13. The first-order valence-electron chi connectivity index (χ1n) is 7.54. The van der Waals surface area contributed by atoms with Crippen molar-refractivity contribution in [3.63, 3.8) is 0 Å². The van der Waals surface area contributed by atoms with E-state index in [4.69, 9.17) is 0 Å². The summed E-state index contributed by atoms with van der Waals surface area (Å²) in [5, 5.41) is 5.25. The van der Waals surface area contributed by atoms with E-state index in [1.807, 2.05) is 26.2 Å². The highest BCUT2D eigenvalue weighted by molar-refractivity contribution is 7.89. The molecule has 21 heavy (non-hydrogen) atoms. The van der Waals surface area contributed by atoms with Gasteiger partial charge in [0.2, 0.25) is 10.0 Å². The zero-order valence-corrected chi connectivity index (χ0v) is 15.6. The smallest absolute Gasteiger partial charge is 0.244 e. The summed E-state index contributed by atoms with van der Waals surface area (Å²) in [6.45, 7) is 10.7. The summed E-state index contributed by atoms with van der Waals surface area (Å²) < 4.78 is 27.4. The molecule has 0 aromatic carbocycles. The molecule has 0 bridgehead atoms. The van der Waals surface area contributed by atoms with Crippen molar-refractivity contribution in [3.05, 3.63) is 15.8 Å². The number of hydrogen-bond acceptors (Lipinski definition) is 4. The summed E-state index contributed by atoms with van der Waals surface area (Å²) in [5.74, 6) is 0. The maximum absolute atomic E-state index is 12.9. The molecule has 4 nitrogen and oxygen atoms in total. The summed E-state index contributed by atoms with van der Waals surface area (Å²) in [5.41, 5.74) is 0.846. The Hall–Kier alpha value is -0.430. The van der Waals surface area contributed by atoms with Gasteiger partial charge in [0.25, 0.3) is 0 Å². The van der Waals surface area contributed by atoms with Crippen LogP contribution in [0.5, 0.6) is 0 Å². The van der Waals surface area contributed by atoms with Gasteiger partial charge < -0.3 is 5.32 Å². The number of sulfonamides is 1. The summed E-state index contributed by atoms with van der Waals surface area (Å²) in [6, 6.07) is 0.389. The second kappa shape index (κ2) is 7.72. The van der Waals surface area contributed by atoms with Crippen molar-refractivity contribution < 1.29 is 8.42 Å². The molecule has 0 radical (unpaired) electrons. The first kappa shape index (κ1) is 18.6. The van der Waals surface area contributed by atoms with Crippen molar-refractivity contribution in [2.24, 2.45) is 0 Å². The van der Waals surface area contributed by atoms with E-state index in [2.05, 4.69) is 19.2 Å². The van der Waals surface area contributed by atoms with E-state index in [9.17, 15) is 8.42 Å². The first-order chi connectivity index (χ1) is 9.75. The van der Waals surface area contributed by atoms with Gasteiger partial charge in [0.05, 0.1) is 0 Å². The Balaban J connectivity index is 3.16. The van der Waals surface area contributed by atoms with Crippen molar-refractivity contribution in [1.82, 2.24) is 9.62 Å². The van der Waals surface area contributed by atoms with E-state index in [0.717, 1.165) is 23.3 Å². The van der Waals surface area contributed by atoms with Crippen LogP contribution in [0, 0.1) is 6.92 Å². The van der Waals surface area contributed by atoms with Crippen LogP contribution in [0.15, 0.2) is 10.3 Å². The fourth-order valence-corrected chi connectivity index (χ4v) is 5.61. The number of nitrogens with one attached hydrogen (secondary N) is 1. The molecule has 0 aliphatic heterocycles. The third-order valence-electron chi connectivity index (χ3n) is 3.75. The molecule has 6 heteroatoms. The minimum Gasteiger partial charge on any atom is -0.310 e. The Morgan fingerprint density at radius 3 is 2.33 bits per heavy atom. The Bertz CT molecular complexity index is 546. The molecular formula is C15H28N2O2S2. The molecule has 1 heterocycles. The zero-order chi connectivity index (χ0) is 16.2. The Kier molecular flexibility index (Phi) is 6.84. The second-order valence-electron chi connectivity index (χ2n) is 5.70. The molecule has 122 valence electrons. The molecule has 0 aliphatic carbocycles. The number of hydrogen-bond donors (Lipinski definition) is 1. The monoisotopic (exact) mass is 332 g/mol. The molecule has 0 spiro atoms. The number of rotatable bonds is 8. The van der Waals surface area contributed by atoms with Gasteiger partial charge >= 0.3 is 0 Å². The molecule has 0 unspecified atom stereocenters. The lowest BCUT2D eigenvalue weighted by Gasteiger charge is -2.26. The number of nitrogens with zero attached hydrogens (tertiary/aromatic N) is 1. The number of thiophene rings is 1. The summed E-state index contributed by atoms with van der Waals surface area (Å²) in [4.78, 5) is 1.40. The summed E-state index contributed by atoms with van der Waals surface area (Å²) in [6.07, 6.45) is 1.66. The highest BCUT2D eigenvalue weighted by Gasteiger charge is 2.30. The SMILES string of the molecule is CCC(CC)N(C)S(=O)(=O)c1c(C)csc1CNC(C)C. The predicted molar refractivity (Wildman–Crippen MR) is 90.4 cm³/mol. The normalized spacial score (nSPS) is 12.8. The minimum atomic E-state index is -3.42. The van der Waals surface area contributed by atoms with Crippen molar-refractivity contribution in [3.8, 4) is 0 Å². The lowest BCUT2D eigenvalue weighted by molar-refractivity contribution is 0.349. The van der Waals surface area contributed by atoms with Crippen molar-refractivity contribution in [2.45, 2.75) is 71.0 Å². The van der Waals surface area contributed by atoms with Crippen molar-refractivity contribution in [2.75, 3.05) is 7.05 Å². The predicted octanol–water partition coefficient (Wildman–Crippen LogP) is 3.36. The van der Waals surface area contributed by atoms with E-state index >= 15 is 0 Å². The van der Waals surface area contributed by atoms with Gasteiger partial charge in [-0.1, -0.05) is 27.7 Å². The Labute approximate surface area is 133 Å². The van der Waals surface area contributed by atoms with Crippen LogP contribution in [0.3, 0.4) is 0 Å². The Morgan fingerprint density at radius 2 is 1.86 bits per heavy atom. The van der Waals surface area contributed by atoms with Crippen LogP contribution < -0.4 is 5.32 Å². The molecule has 1 aromatic rings. The molecule has 0 saturated carbocycles. The average Bonchev–Trinajstić information content (AvgIpc) is 2.79. The second-order valence-corrected chi connectivity index (χ2v) is 8.60. The Morgan fingerprint density at radius 1 is 1.29 bits per heavy atom. The maximum Gasteiger partial charge on any atom is 0.244 e. The van der Waals surface area contributed by atoms with Gasteiger partial charge in [0.1, 0.15) is 4.90 Å². The molecule has 1 aromatic heterocycles. The van der Waals surface area contributed by atoms with Gasteiger partial charge in [-0.25, -0.2) is 8.42 Å². The molecule has 1 N–H and O–H groups in total. The van der Waals surface area contributed by atoms with Gasteiger partial charge in [-0.2, -0.15) is 4.31 Å². The van der Waals surface area contributed by atoms with Crippen LogP contribution in [-0.2, 0) is 16.6 Å². The molecular weight excluding hydrogens is 304 g/mol. The molecule has 0 atom stereocenters. The lowest BCUT2D eigenvalue weighted by Crippen LogP contribution is -2.37. The van der Waals surface area contributed by atoms with Crippen molar-refractivity contribution >= 4 is 21.4 Å². The van der Waals surface area contributed by atoms with Crippen LogP contribution in [0.4, 0.5) is 0 Å². The fourth-order valence-electron chi connectivity index (χ4n) is 2.40. The van der Waals surface area contributed by atoms with E-state index in [0.29, 0.717) is 17.5 Å². The van der Waals surface area contributed by atoms with Gasteiger partial charge in [-0.05, 0) is 30.7 Å². The quantitative estimate of drug-likeness (QED) is 0.794. The molecule has 0 saturated heterocycles. The third kappa shape index (κ3) is 4.28. The van der Waals surface area contributed by atoms with Crippen molar-refractivity contribution in [1.29, 1.82) is 0 Å². The van der Waals surface area contributed by atoms with Gasteiger partial charge in [0, 0.05) is 30.6 Å².